The average Bonchev–Trinajstić information content (AvgIpc) is 2.66. The predicted octanol–water partition coefficient (Wildman–Crippen LogP) is -3.12. The Bertz CT molecular complexity index is 588. The highest BCUT2D eigenvalue weighted by atomic mass is 31.2. The van der Waals surface area contributed by atoms with E-state index in [1.165, 1.54) is 20.8 Å². The molecule has 0 radical (unpaired) electrons. The summed E-state index contributed by atoms with van der Waals surface area (Å²) in [6, 6.07) is 0. The van der Waals surface area contributed by atoms with Crippen LogP contribution in [0.3, 0.4) is 0 Å². The van der Waals surface area contributed by atoms with Crippen LogP contribution in [0.15, 0.2) is 0 Å². The minimum atomic E-state index is -4.33. The maximum atomic E-state index is 12.3. The van der Waals surface area contributed by atoms with Gasteiger partial charge in [-0.15, -0.1) is 0 Å². The highest BCUT2D eigenvalue weighted by molar-refractivity contribution is 7.53. The molecule has 0 amide bonds. The largest absolute Gasteiger partial charge is 0.394 e. The number of hydrogen-bond acceptors (Lipinski definition) is 11. The highest BCUT2D eigenvalue weighted by Crippen LogP contribution is 2.50. The second kappa shape index (κ2) is 9.51. The first-order chi connectivity index (χ1) is 13.3. The van der Waals surface area contributed by atoms with Crippen molar-refractivity contribution in [3.63, 3.8) is 0 Å². The van der Waals surface area contributed by atoms with Gasteiger partial charge in [-0.2, -0.15) is 0 Å². The Hall–Kier alpha value is -0.210. The molecule has 2 rings (SSSR count). The molecule has 1 aliphatic heterocycles. The SMILES string of the molecule is CC(C)P(=O)(O)O[C@H]1C(O)C(O)C(O)[C@@H](O)C1O[C@H]1O[C@H](CO)[C@@H](C)C(O)C1O. The molecular formula is C16H31O12P. The summed E-state index contributed by atoms with van der Waals surface area (Å²) < 4.78 is 28.2. The van der Waals surface area contributed by atoms with E-state index < -0.39 is 87.0 Å². The molecule has 172 valence electrons. The molecular weight excluding hydrogens is 415 g/mol. The van der Waals surface area contributed by atoms with Gasteiger partial charge in [-0.3, -0.25) is 9.09 Å². The van der Waals surface area contributed by atoms with Crippen molar-refractivity contribution in [2.75, 3.05) is 6.61 Å². The lowest BCUT2D eigenvalue weighted by molar-refractivity contribution is -0.330. The van der Waals surface area contributed by atoms with Crippen LogP contribution in [-0.2, 0) is 18.6 Å². The van der Waals surface area contributed by atoms with Crippen LogP contribution in [-0.4, -0.2) is 114 Å². The lowest BCUT2D eigenvalue weighted by Gasteiger charge is -2.47. The lowest BCUT2D eigenvalue weighted by atomic mass is 9.84. The molecule has 1 saturated heterocycles. The van der Waals surface area contributed by atoms with E-state index in [0.717, 1.165) is 0 Å². The third-order valence-corrected chi connectivity index (χ3v) is 7.36. The Labute approximate surface area is 167 Å². The fourth-order valence-corrected chi connectivity index (χ4v) is 4.14. The van der Waals surface area contributed by atoms with Crippen molar-refractivity contribution in [1.82, 2.24) is 0 Å². The van der Waals surface area contributed by atoms with Crippen molar-refractivity contribution in [2.45, 2.75) is 87.7 Å². The zero-order chi connectivity index (χ0) is 22.3. The third-order valence-electron chi connectivity index (χ3n) is 5.51. The molecule has 0 bridgehead atoms. The molecule has 2 aliphatic rings. The van der Waals surface area contributed by atoms with Crippen molar-refractivity contribution in [3.05, 3.63) is 0 Å². The number of aliphatic hydroxyl groups excluding tert-OH is 7. The Morgan fingerprint density at radius 3 is 1.90 bits per heavy atom. The zero-order valence-corrected chi connectivity index (χ0v) is 17.2. The van der Waals surface area contributed by atoms with Gasteiger partial charge in [0.1, 0.15) is 42.7 Å². The van der Waals surface area contributed by atoms with Crippen LogP contribution < -0.4 is 0 Å². The lowest BCUT2D eigenvalue weighted by Crippen LogP contribution is -2.67. The van der Waals surface area contributed by atoms with Crippen molar-refractivity contribution in [1.29, 1.82) is 0 Å². The van der Waals surface area contributed by atoms with E-state index in [0.29, 0.717) is 0 Å². The first kappa shape index (κ1) is 25.1. The number of rotatable bonds is 6. The average molecular weight is 446 g/mol. The van der Waals surface area contributed by atoms with E-state index in [2.05, 4.69) is 0 Å². The molecule has 0 aromatic rings. The molecule has 29 heavy (non-hydrogen) atoms. The van der Waals surface area contributed by atoms with E-state index >= 15 is 0 Å². The van der Waals surface area contributed by atoms with E-state index in [9.17, 15) is 45.2 Å². The number of hydrogen-bond donors (Lipinski definition) is 8. The van der Waals surface area contributed by atoms with E-state index in [-0.39, 0.29) is 0 Å². The van der Waals surface area contributed by atoms with Crippen LogP contribution in [0.2, 0.25) is 0 Å². The Morgan fingerprint density at radius 2 is 1.41 bits per heavy atom. The highest BCUT2D eigenvalue weighted by Gasteiger charge is 2.54. The monoisotopic (exact) mass is 446 g/mol. The van der Waals surface area contributed by atoms with Gasteiger partial charge in [0.15, 0.2) is 6.29 Å². The van der Waals surface area contributed by atoms with Crippen LogP contribution in [0.5, 0.6) is 0 Å². The smallest absolute Gasteiger partial charge is 0.331 e. The van der Waals surface area contributed by atoms with E-state index in [4.69, 9.17) is 14.0 Å². The van der Waals surface area contributed by atoms with Gasteiger partial charge in [0.25, 0.3) is 0 Å². The molecule has 1 aliphatic carbocycles. The minimum absolute atomic E-state index is 0.513. The van der Waals surface area contributed by atoms with Crippen LogP contribution in [0, 0.1) is 5.92 Å². The van der Waals surface area contributed by atoms with Gasteiger partial charge < -0.3 is 50.1 Å². The van der Waals surface area contributed by atoms with Gasteiger partial charge in [0, 0.05) is 5.92 Å². The molecule has 12 atom stereocenters. The number of aliphatic hydroxyl groups is 7. The minimum Gasteiger partial charge on any atom is -0.394 e. The van der Waals surface area contributed by atoms with Crippen molar-refractivity contribution in [3.8, 4) is 0 Å². The summed E-state index contributed by atoms with van der Waals surface area (Å²) in [5.41, 5.74) is -0.894. The van der Waals surface area contributed by atoms with Crippen molar-refractivity contribution in [2.24, 2.45) is 5.92 Å². The third kappa shape index (κ3) is 5.00. The quantitative estimate of drug-likeness (QED) is 0.191. The molecule has 0 aromatic carbocycles. The number of ether oxygens (including phenoxy) is 2. The van der Waals surface area contributed by atoms with Crippen LogP contribution >= 0.6 is 7.60 Å². The molecule has 13 heteroatoms. The van der Waals surface area contributed by atoms with Gasteiger partial charge in [-0.05, 0) is 0 Å². The summed E-state index contributed by atoms with van der Waals surface area (Å²) in [4.78, 5) is 10.0. The van der Waals surface area contributed by atoms with Gasteiger partial charge >= 0.3 is 7.60 Å². The molecule has 12 nitrogen and oxygen atoms in total. The Balaban J connectivity index is 2.30. The summed E-state index contributed by atoms with van der Waals surface area (Å²) in [6.07, 6.45) is -16.7. The fraction of sp³-hybridized carbons (Fsp3) is 1.00. The van der Waals surface area contributed by atoms with Crippen LogP contribution in [0.4, 0.5) is 0 Å². The van der Waals surface area contributed by atoms with Crippen molar-refractivity contribution >= 4 is 7.60 Å². The molecule has 0 aromatic heterocycles. The molecule has 7 unspecified atom stereocenters. The topological polar surface area (TPSA) is 207 Å². The Morgan fingerprint density at radius 1 is 0.897 bits per heavy atom. The van der Waals surface area contributed by atoms with Gasteiger partial charge in [0.2, 0.25) is 0 Å². The second-order valence-electron chi connectivity index (χ2n) is 7.86. The van der Waals surface area contributed by atoms with Crippen LogP contribution in [0.1, 0.15) is 20.8 Å². The second-order valence-corrected chi connectivity index (χ2v) is 10.2. The first-order valence-corrected chi connectivity index (χ1v) is 11.0. The molecule has 1 saturated carbocycles. The summed E-state index contributed by atoms with van der Waals surface area (Å²) in [6.45, 7) is 3.78. The van der Waals surface area contributed by atoms with Crippen molar-refractivity contribution < 1.29 is 59.2 Å². The molecule has 1 heterocycles. The normalized spacial score (nSPS) is 48.5. The van der Waals surface area contributed by atoms with Crippen LogP contribution in [0.25, 0.3) is 0 Å². The van der Waals surface area contributed by atoms with Gasteiger partial charge in [-0.25, -0.2) is 0 Å². The van der Waals surface area contributed by atoms with Gasteiger partial charge in [0.05, 0.1) is 24.5 Å². The zero-order valence-electron chi connectivity index (χ0n) is 16.3. The summed E-state index contributed by atoms with van der Waals surface area (Å²) in [5, 5.41) is 70.3. The molecule has 2 fully saturated rings. The molecule has 0 spiro atoms. The summed E-state index contributed by atoms with van der Waals surface area (Å²) >= 11 is 0. The first-order valence-electron chi connectivity index (χ1n) is 9.34. The Kier molecular flexibility index (Phi) is 8.22. The predicted molar refractivity (Wildman–Crippen MR) is 95.7 cm³/mol. The van der Waals surface area contributed by atoms with E-state index in [1.807, 2.05) is 0 Å². The standard InChI is InChI=1S/C16H31O12P/c1-5(2)29(24,25)28-15-12(22)10(20)9(19)11(21)14(15)27-16-13(23)8(18)6(3)7(4-17)26-16/h5-23H,4H2,1-3H3,(H,24,25)/t6-,7-,8?,9?,10?,11-,12?,13?,14?,15+,16-/m1/s1. The maximum absolute atomic E-state index is 12.3. The fourth-order valence-electron chi connectivity index (χ4n) is 3.30. The molecule has 8 N–H and O–H groups in total. The summed E-state index contributed by atoms with van der Waals surface area (Å²) in [5.74, 6) is -0.658. The van der Waals surface area contributed by atoms with Gasteiger partial charge in [-0.1, -0.05) is 20.8 Å². The maximum Gasteiger partial charge on any atom is 0.331 e. The van der Waals surface area contributed by atoms with E-state index in [1.54, 1.807) is 0 Å². The summed E-state index contributed by atoms with van der Waals surface area (Å²) in [7, 11) is -4.33.